The summed E-state index contributed by atoms with van der Waals surface area (Å²) in [6, 6.07) is 21.5. The lowest BCUT2D eigenvalue weighted by molar-refractivity contribution is 0.0937. The minimum absolute atomic E-state index is 0.0696. The first-order chi connectivity index (χ1) is 11.2. The first kappa shape index (κ1) is 15.1. The number of hydrogen-bond acceptors (Lipinski definition) is 2. The monoisotopic (exact) mass is 305 g/mol. The lowest BCUT2D eigenvalue weighted by Gasteiger charge is -2.16. The minimum Gasteiger partial charge on any atom is -0.496 e. The number of rotatable bonds is 4. The summed E-state index contributed by atoms with van der Waals surface area (Å²) in [5.41, 5.74) is 1.62. The van der Waals surface area contributed by atoms with E-state index >= 15 is 0 Å². The highest BCUT2D eigenvalue weighted by molar-refractivity contribution is 6.01. The standard InChI is InChI=1S/C20H19NO2/c1-14(15-8-4-3-5-9-15)21-20(22)18-12-16-10-6-7-11-17(16)13-19(18)23-2/h3-14H,1-2H3,(H,21,22)/t14-/m0/s1. The van der Waals surface area contributed by atoms with Crippen LogP contribution in [0.3, 0.4) is 0 Å². The van der Waals surface area contributed by atoms with Gasteiger partial charge in [-0.15, -0.1) is 0 Å². The second-order valence-corrected chi connectivity index (χ2v) is 5.51. The van der Waals surface area contributed by atoms with E-state index in [-0.39, 0.29) is 11.9 Å². The van der Waals surface area contributed by atoms with Gasteiger partial charge in [0, 0.05) is 0 Å². The van der Waals surface area contributed by atoms with Crippen molar-refractivity contribution in [3.8, 4) is 5.75 Å². The Balaban J connectivity index is 1.91. The Bertz CT molecular complexity index is 827. The van der Waals surface area contributed by atoms with Crippen LogP contribution < -0.4 is 10.1 Å². The van der Waals surface area contributed by atoms with Gasteiger partial charge in [0.25, 0.3) is 5.91 Å². The van der Waals surface area contributed by atoms with Gasteiger partial charge >= 0.3 is 0 Å². The Hall–Kier alpha value is -2.81. The van der Waals surface area contributed by atoms with Crippen molar-refractivity contribution in [1.82, 2.24) is 5.32 Å². The zero-order valence-electron chi connectivity index (χ0n) is 13.2. The Morgan fingerprint density at radius 3 is 2.22 bits per heavy atom. The third kappa shape index (κ3) is 3.19. The van der Waals surface area contributed by atoms with Gasteiger partial charge in [-0.3, -0.25) is 4.79 Å². The summed E-state index contributed by atoms with van der Waals surface area (Å²) in [6.07, 6.45) is 0. The maximum atomic E-state index is 12.7. The maximum absolute atomic E-state index is 12.7. The molecule has 23 heavy (non-hydrogen) atoms. The second kappa shape index (κ2) is 6.53. The van der Waals surface area contributed by atoms with Gasteiger partial charge in [-0.1, -0.05) is 54.6 Å². The molecule has 3 rings (SSSR count). The van der Waals surface area contributed by atoms with E-state index in [4.69, 9.17) is 4.74 Å². The van der Waals surface area contributed by atoms with Crippen molar-refractivity contribution in [2.24, 2.45) is 0 Å². The number of fused-ring (bicyclic) bond motifs is 1. The molecule has 0 aliphatic rings. The smallest absolute Gasteiger partial charge is 0.255 e. The SMILES string of the molecule is COc1cc2ccccc2cc1C(=O)N[C@@H](C)c1ccccc1. The first-order valence-electron chi connectivity index (χ1n) is 7.61. The van der Waals surface area contributed by atoms with E-state index < -0.39 is 0 Å². The molecule has 0 heterocycles. The third-order valence-electron chi connectivity index (χ3n) is 3.96. The van der Waals surface area contributed by atoms with Crippen molar-refractivity contribution in [3.63, 3.8) is 0 Å². The van der Waals surface area contributed by atoms with Crippen LogP contribution in [0.4, 0.5) is 0 Å². The lowest BCUT2D eigenvalue weighted by atomic mass is 10.0. The Morgan fingerprint density at radius 2 is 1.57 bits per heavy atom. The average Bonchev–Trinajstić information content (AvgIpc) is 2.61. The van der Waals surface area contributed by atoms with Gasteiger partial charge in [0.05, 0.1) is 18.7 Å². The van der Waals surface area contributed by atoms with E-state index in [1.165, 1.54) is 0 Å². The van der Waals surface area contributed by atoms with Gasteiger partial charge < -0.3 is 10.1 Å². The molecule has 3 aromatic carbocycles. The van der Waals surface area contributed by atoms with E-state index in [0.29, 0.717) is 11.3 Å². The molecule has 0 bridgehead atoms. The lowest BCUT2D eigenvalue weighted by Crippen LogP contribution is -2.27. The Kier molecular flexibility index (Phi) is 4.29. The molecule has 0 aliphatic carbocycles. The number of methoxy groups -OCH3 is 1. The van der Waals surface area contributed by atoms with Crippen LogP contribution in [0.1, 0.15) is 28.9 Å². The van der Waals surface area contributed by atoms with Crippen LogP contribution in [-0.2, 0) is 0 Å². The summed E-state index contributed by atoms with van der Waals surface area (Å²) >= 11 is 0. The molecule has 3 aromatic rings. The Labute approximate surface area is 135 Å². The van der Waals surface area contributed by atoms with Crippen LogP contribution in [0.15, 0.2) is 66.7 Å². The largest absolute Gasteiger partial charge is 0.496 e. The average molecular weight is 305 g/mol. The summed E-state index contributed by atoms with van der Waals surface area (Å²) in [5, 5.41) is 5.11. The molecule has 1 amide bonds. The van der Waals surface area contributed by atoms with Crippen molar-refractivity contribution < 1.29 is 9.53 Å². The highest BCUT2D eigenvalue weighted by Crippen LogP contribution is 2.26. The number of amides is 1. The maximum Gasteiger partial charge on any atom is 0.255 e. The predicted octanol–water partition coefficient (Wildman–Crippen LogP) is 4.34. The third-order valence-corrected chi connectivity index (χ3v) is 3.96. The van der Waals surface area contributed by atoms with E-state index in [0.717, 1.165) is 16.3 Å². The number of ether oxygens (including phenoxy) is 1. The molecule has 0 aliphatic heterocycles. The van der Waals surface area contributed by atoms with Crippen molar-refractivity contribution in [2.45, 2.75) is 13.0 Å². The molecule has 0 radical (unpaired) electrons. The first-order valence-corrected chi connectivity index (χ1v) is 7.61. The van der Waals surface area contributed by atoms with Crippen molar-refractivity contribution in [2.75, 3.05) is 7.11 Å². The van der Waals surface area contributed by atoms with Gasteiger partial charge in [-0.25, -0.2) is 0 Å². The second-order valence-electron chi connectivity index (χ2n) is 5.51. The highest BCUT2D eigenvalue weighted by atomic mass is 16.5. The molecule has 1 atom stereocenters. The molecule has 0 aromatic heterocycles. The van der Waals surface area contributed by atoms with E-state index in [2.05, 4.69) is 5.32 Å². The molecule has 0 spiro atoms. The highest BCUT2D eigenvalue weighted by Gasteiger charge is 2.16. The van der Waals surface area contributed by atoms with Crippen molar-refractivity contribution in [1.29, 1.82) is 0 Å². The minimum atomic E-state index is -0.135. The summed E-state index contributed by atoms with van der Waals surface area (Å²) in [6.45, 7) is 1.97. The normalized spacial score (nSPS) is 11.9. The quantitative estimate of drug-likeness (QED) is 0.778. The van der Waals surface area contributed by atoms with E-state index in [1.54, 1.807) is 7.11 Å². The molecule has 116 valence electrons. The fourth-order valence-electron chi connectivity index (χ4n) is 2.67. The van der Waals surface area contributed by atoms with Crippen LogP contribution in [0.25, 0.3) is 10.8 Å². The zero-order valence-corrected chi connectivity index (χ0v) is 13.2. The molecule has 1 N–H and O–H groups in total. The topological polar surface area (TPSA) is 38.3 Å². The van der Waals surface area contributed by atoms with Gasteiger partial charge in [-0.2, -0.15) is 0 Å². The molecule has 0 unspecified atom stereocenters. The van der Waals surface area contributed by atoms with Crippen LogP contribution >= 0.6 is 0 Å². The molecular formula is C20H19NO2. The van der Waals surface area contributed by atoms with Gasteiger partial charge in [0.15, 0.2) is 0 Å². The summed E-state index contributed by atoms with van der Waals surface area (Å²) in [4.78, 5) is 12.7. The number of carbonyl (C=O) groups excluding carboxylic acids is 1. The predicted molar refractivity (Wildman–Crippen MR) is 92.8 cm³/mol. The molecule has 0 saturated carbocycles. The van der Waals surface area contributed by atoms with Gasteiger partial charge in [0.1, 0.15) is 5.75 Å². The molecule has 3 heteroatoms. The van der Waals surface area contributed by atoms with Crippen LogP contribution in [0.5, 0.6) is 5.75 Å². The van der Waals surface area contributed by atoms with E-state index in [9.17, 15) is 4.79 Å². The zero-order chi connectivity index (χ0) is 16.2. The van der Waals surface area contributed by atoms with Crippen LogP contribution in [0.2, 0.25) is 0 Å². The number of nitrogens with one attached hydrogen (secondary N) is 1. The number of carbonyl (C=O) groups is 1. The van der Waals surface area contributed by atoms with E-state index in [1.807, 2.05) is 73.7 Å². The number of hydrogen-bond donors (Lipinski definition) is 1. The van der Waals surface area contributed by atoms with Crippen molar-refractivity contribution >= 4 is 16.7 Å². The number of benzene rings is 3. The Morgan fingerprint density at radius 1 is 0.957 bits per heavy atom. The van der Waals surface area contributed by atoms with Crippen molar-refractivity contribution in [3.05, 3.63) is 77.9 Å². The summed E-state index contributed by atoms with van der Waals surface area (Å²) < 4.78 is 5.40. The molecule has 0 fully saturated rings. The van der Waals surface area contributed by atoms with Crippen LogP contribution in [0, 0.1) is 0 Å². The summed E-state index contributed by atoms with van der Waals surface area (Å²) in [7, 11) is 1.58. The van der Waals surface area contributed by atoms with Gasteiger partial charge in [-0.05, 0) is 35.4 Å². The molecule has 0 saturated heterocycles. The van der Waals surface area contributed by atoms with Gasteiger partial charge in [0.2, 0.25) is 0 Å². The fraction of sp³-hybridized carbons (Fsp3) is 0.150. The fourth-order valence-corrected chi connectivity index (χ4v) is 2.67. The summed E-state index contributed by atoms with van der Waals surface area (Å²) in [5.74, 6) is 0.449. The molecule has 3 nitrogen and oxygen atoms in total. The van der Waals surface area contributed by atoms with Crippen LogP contribution in [-0.4, -0.2) is 13.0 Å². The molecular weight excluding hydrogens is 286 g/mol.